The van der Waals surface area contributed by atoms with Crippen LogP contribution in [0.1, 0.15) is 43.0 Å². The monoisotopic (exact) mass is 220 g/mol. The average Bonchev–Trinajstić information content (AvgIpc) is 2.13. The zero-order valence-electron chi connectivity index (χ0n) is 11.1. The Labute approximate surface area is 99.2 Å². The molecule has 16 heavy (non-hydrogen) atoms. The lowest BCUT2D eigenvalue weighted by Gasteiger charge is -2.27. The molecule has 2 nitrogen and oxygen atoms in total. The van der Waals surface area contributed by atoms with Gasteiger partial charge in [0.05, 0.1) is 0 Å². The molecule has 0 amide bonds. The lowest BCUT2D eigenvalue weighted by Crippen LogP contribution is -2.37. The largest absolute Gasteiger partial charge is 0.325 e. The van der Waals surface area contributed by atoms with Crippen LogP contribution in [0.5, 0.6) is 0 Å². The molecule has 1 aromatic rings. The number of benzene rings is 1. The third kappa shape index (κ3) is 3.62. The Balaban J connectivity index is 2.95. The molecule has 0 aliphatic heterocycles. The molecule has 0 heterocycles. The minimum Gasteiger partial charge on any atom is -0.325 e. The third-order valence-electron chi connectivity index (χ3n) is 2.88. The van der Waals surface area contributed by atoms with E-state index in [0.29, 0.717) is 6.04 Å². The first-order chi connectivity index (χ1) is 7.33. The first kappa shape index (κ1) is 13.2. The summed E-state index contributed by atoms with van der Waals surface area (Å²) in [4.78, 5) is 0. The molecule has 1 unspecified atom stereocenters. The summed E-state index contributed by atoms with van der Waals surface area (Å²) in [6, 6.07) is 6.93. The first-order valence-corrected chi connectivity index (χ1v) is 5.87. The highest BCUT2D eigenvalue weighted by molar-refractivity contribution is 5.33. The smallest absolute Gasteiger partial charge is 0.0337 e. The van der Waals surface area contributed by atoms with Crippen molar-refractivity contribution in [3.05, 3.63) is 34.9 Å². The minimum absolute atomic E-state index is 0.148. The second-order valence-corrected chi connectivity index (χ2v) is 5.39. The fourth-order valence-corrected chi connectivity index (χ4v) is 2.11. The molecule has 0 aliphatic carbocycles. The third-order valence-corrected chi connectivity index (χ3v) is 2.88. The second kappa shape index (κ2) is 4.98. The number of hydrogen-bond donors (Lipinski definition) is 2. The van der Waals surface area contributed by atoms with Crippen LogP contribution in [0.2, 0.25) is 0 Å². The fourth-order valence-electron chi connectivity index (χ4n) is 2.11. The average molecular weight is 220 g/mol. The summed E-state index contributed by atoms with van der Waals surface area (Å²) in [6.45, 7) is 8.43. The summed E-state index contributed by atoms with van der Waals surface area (Å²) >= 11 is 0. The van der Waals surface area contributed by atoms with E-state index in [-0.39, 0.29) is 5.54 Å². The fraction of sp³-hybridized carbons (Fsp3) is 0.571. The summed E-state index contributed by atoms with van der Waals surface area (Å²) in [5.41, 5.74) is 9.94. The Kier molecular flexibility index (Phi) is 4.11. The highest BCUT2D eigenvalue weighted by atomic mass is 14.9. The van der Waals surface area contributed by atoms with Gasteiger partial charge in [-0.2, -0.15) is 0 Å². The maximum atomic E-state index is 6.09. The molecule has 0 saturated heterocycles. The normalized spacial score (nSPS) is 13.9. The Morgan fingerprint density at radius 3 is 2.38 bits per heavy atom. The standard InChI is InChI=1S/C14H24N2/c1-10-6-7-12(11(2)8-10)13(16-5)9-14(3,4)15/h6-8,13,16H,9,15H2,1-5H3. The number of aryl methyl sites for hydroxylation is 2. The molecule has 3 N–H and O–H groups in total. The summed E-state index contributed by atoms with van der Waals surface area (Å²) in [7, 11) is 2.00. The van der Waals surface area contributed by atoms with Gasteiger partial charge < -0.3 is 11.1 Å². The first-order valence-electron chi connectivity index (χ1n) is 5.87. The molecule has 90 valence electrons. The van der Waals surface area contributed by atoms with Gasteiger partial charge in [0.15, 0.2) is 0 Å². The molecule has 1 rings (SSSR count). The van der Waals surface area contributed by atoms with Crippen molar-refractivity contribution in [2.45, 2.75) is 45.7 Å². The number of nitrogens with one attached hydrogen (secondary N) is 1. The zero-order chi connectivity index (χ0) is 12.3. The number of hydrogen-bond acceptors (Lipinski definition) is 2. The van der Waals surface area contributed by atoms with E-state index in [4.69, 9.17) is 5.73 Å². The van der Waals surface area contributed by atoms with E-state index in [1.165, 1.54) is 16.7 Å². The van der Waals surface area contributed by atoms with E-state index >= 15 is 0 Å². The Morgan fingerprint density at radius 2 is 1.94 bits per heavy atom. The van der Waals surface area contributed by atoms with Crippen LogP contribution in [0, 0.1) is 13.8 Å². The van der Waals surface area contributed by atoms with Crippen molar-refractivity contribution in [3.63, 3.8) is 0 Å². The van der Waals surface area contributed by atoms with Gasteiger partial charge in [0.1, 0.15) is 0 Å². The Bertz CT molecular complexity index is 350. The lowest BCUT2D eigenvalue weighted by molar-refractivity contribution is 0.395. The van der Waals surface area contributed by atoms with Gasteiger partial charge >= 0.3 is 0 Å². The Morgan fingerprint density at radius 1 is 1.31 bits per heavy atom. The van der Waals surface area contributed by atoms with E-state index in [9.17, 15) is 0 Å². The predicted octanol–water partition coefficient (Wildman–Crippen LogP) is 2.69. The van der Waals surface area contributed by atoms with Gasteiger partial charge in [0.2, 0.25) is 0 Å². The quantitative estimate of drug-likeness (QED) is 0.818. The predicted molar refractivity (Wildman–Crippen MR) is 70.6 cm³/mol. The molecule has 0 spiro atoms. The van der Waals surface area contributed by atoms with Crippen molar-refractivity contribution >= 4 is 0 Å². The van der Waals surface area contributed by atoms with Gasteiger partial charge in [-0.1, -0.05) is 23.8 Å². The molecule has 0 bridgehead atoms. The van der Waals surface area contributed by atoms with Crippen molar-refractivity contribution in [3.8, 4) is 0 Å². The molecule has 0 aliphatic rings. The van der Waals surface area contributed by atoms with Gasteiger partial charge in [-0.05, 0) is 52.3 Å². The van der Waals surface area contributed by atoms with Gasteiger partial charge in [0, 0.05) is 11.6 Å². The van der Waals surface area contributed by atoms with Crippen LogP contribution >= 0.6 is 0 Å². The maximum absolute atomic E-state index is 6.09. The molecule has 0 fully saturated rings. The Hall–Kier alpha value is -0.860. The molecule has 0 saturated carbocycles. The molecule has 1 aromatic carbocycles. The van der Waals surface area contributed by atoms with Crippen LogP contribution in [0.3, 0.4) is 0 Å². The van der Waals surface area contributed by atoms with Gasteiger partial charge in [-0.15, -0.1) is 0 Å². The number of nitrogens with two attached hydrogens (primary N) is 1. The topological polar surface area (TPSA) is 38.0 Å². The maximum Gasteiger partial charge on any atom is 0.0337 e. The summed E-state index contributed by atoms with van der Waals surface area (Å²) in [5.74, 6) is 0. The van der Waals surface area contributed by atoms with Crippen molar-refractivity contribution in [2.24, 2.45) is 5.73 Å². The van der Waals surface area contributed by atoms with Crippen molar-refractivity contribution in [1.29, 1.82) is 0 Å². The van der Waals surface area contributed by atoms with E-state index in [1.54, 1.807) is 0 Å². The molecular weight excluding hydrogens is 196 g/mol. The van der Waals surface area contributed by atoms with Crippen LogP contribution in [0.4, 0.5) is 0 Å². The van der Waals surface area contributed by atoms with Crippen LogP contribution in [0.15, 0.2) is 18.2 Å². The molecule has 2 heteroatoms. The lowest BCUT2D eigenvalue weighted by atomic mass is 9.89. The summed E-state index contributed by atoms with van der Waals surface area (Å²) < 4.78 is 0. The van der Waals surface area contributed by atoms with E-state index in [0.717, 1.165) is 6.42 Å². The van der Waals surface area contributed by atoms with E-state index in [1.807, 2.05) is 7.05 Å². The molecule has 0 aromatic heterocycles. The molecule has 1 atom stereocenters. The highest BCUT2D eigenvalue weighted by Gasteiger charge is 2.20. The van der Waals surface area contributed by atoms with Gasteiger partial charge in [-0.25, -0.2) is 0 Å². The van der Waals surface area contributed by atoms with Crippen LogP contribution < -0.4 is 11.1 Å². The van der Waals surface area contributed by atoms with Crippen LogP contribution in [-0.4, -0.2) is 12.6 Å². The van der Waals surface area contributed by atoms with Crippen molar-refractivity contribution in [2.75, 3.05) is 7.05 Å². The van der Waals surface area contributed by atoms with Gasteiger partial charge in [-0.3, -0.25) is 0 Å². The minimum atomic E-state index is -0.148. The number of rotatable bonds is 4. The van der Waals surface area contributed by atoms with Gasteiger partial charge in [0.25, 0.3) is 0 Å². The van der Waals surface area contributed by atoms with Crippen LogP contribution in [-0.2, 0) is 0 Å². The van der Waals surface area contributed by atoms with E-state index in [2.05, 4.69) is 51.2 Å². The zero-order valence-corrected chi connectivity index (χ0v) is 11.1. The SMILES string of the molecule is CNC(CC(C)(C)N)c1ccc(C)cc1C. The summed E-state index contributed by atoms with van der Waals surface area (Å²) in [6.07, 6.45) is 0.938. The van der Waals surface area contributed by atoms with Crippen molar-refractivity contribution < 1.29 is 0 Å². The highest BCUT2D eigenvalue weighted by Crippen LogP contribution is 2.25. The van der Waals surface area contributed by atoms with E-state index < -0.39 is 0 Å². The second-order valence-electron chi connectivity index (χ2n) is 5.39. The molecule has 0 radical (unpaired) electrons. The van der Waals surface area contributed by atoms with Crippen LogP contribution in [0.25, 0.3) is 0 Å². The molecular formula is C14H24N2. The van der Waals surface area contributed by atoms with Crippen molar-refractivity contribution in [1.82, 2.24) is 5.32 Å². The summed E-state index contributed by atoms with van der Waals surface area (Å²) in [5, 5.41) is 3.36.